The van der Waals surface area contributed by atoms with E-state index in [0.717, 1.165) is 6.42 Å². The third kappa shape index (κ3) is 4.32. The predicted molar refractivity (Wildman–Crippen MR) is 143 cm³/mol. The molecule has 3 amide bonds. The number of aliphatic hydroxyl groups is 1. The van der Waals surface area contributed by atoms with E-state index in [1.165, 1.54) is 0 Å². The molecular formula is C28H43N3O4S. The molecule has 1 spiro atoms. The van der Waals surface area contributed by atoms with Crippen molar-refractivity contribution < 1.29 is 19.5 Å². The minimum atomic E-state index is -0.808. The molecule has 0 radical (unpaired) electrons. The van der Waals surface area contributed by atoms with Crippen LogP contribution >= 0.6 is 11.8 Å². The second-order valence-corrected chi connectivity index (χ2v) is 14.8. The fourth-order valence-corrected chi connectivity index (χ4v) is 9.37. The van der Waals surface area contributed by atoms with E-state index in [4.69, 9.17) is 0 Å². The van der Waals surface area contributed by atoms with Gasteiger partial charge in [0.25, 0.3) is 0 Å². The Morgan fingerprint density at radius 3 is 2.28 bits per heavy atom. The topological polar surface area (TPSA) is 81.2 Å². The summed E-state index contributed by atoms with van der Waals surface area (Å²) in [5.74, 6) is -1.31. The Bertz CT molecular complexity index is 986. The molecule has 2 saturated heterocycles. The number of carbonyl (C=O) groups is 3. The molecule has 5 atom stereocenters. The summed E-state index contributed by atoms with van der Waals surface area (Å²) in [5.41, 5.74) is -0.382. The first-order valence-corrected chi connectivity index (χ1v) is 14.0. The zero-order valence-corrected chi connectivity index (χ0v) is 23.7. The van der Waals surface area contributed by atoms with E-state index >= 15 is 0 Å². The fraction of sp³-hybridized carbons (Fsp3) is 0.750. The van der Waals surface area contributed by atoms with E-state index in [1.807, 2.05) is 17.9 Å². The highest BCUT2D eigenvalue weighted by molar-refractivity contribution is 8.02. The average Bonchev–Trinajstić information content (AvgIpc) is 3.01. The largest absolute Gasteiger partial charge is 0.396 e. The number of likely N-dealkylation sites (tertiary alicyclic amines) is 1. The number of thioether (sulfide) groups is 1. The van der Waals surface area contributed by atoms with Gasteiger partial charge >= 0.3 is 0 Å². The summed E-state index contributed by atoms with van der Waals surface area (Å²) in [6.07, 6.45) is 10.2. The summed E-state index contributed by atoms with van der Waals surface area (Å²) in [6, 6.07) is -0.674. The first-order valence-electron chi connectivity index (χ1n) is 13.2. The Morgan fingerprint density at radius 1 is 0.972 bits per heavy atom. The molecule has 0 bridgehead atoms. The lowest BCUT2D eigenvalue weighted by atomic mass is 9.74. The van der Waals surface area contributed by atoms with Crippen LogP contribution in [0.1, 0.15) is 60.8 Å². The van der Waals surface area contributed by atoms with Crippen LogP contribution in [0.25, 0.3) is 0 Å². The fourth-order valence-electron chi connectivity index (χ4n) is 7.21. The number of aliphatic hydroxyl groups excluding tert-OH is 1. The van der Waals surface area contributed by atoms with E-state index in [-0.39, 0.29) is 29.7 Å². The van der Waals surface area contributed by atoms with Gasteiger partial charge < -0.3 is 19.8 Å². The van der Waals surface area contributed by atoms with E-state index in [9.17, 15) is 19.5 Å². The number of hydrogen-bond donors (Lipinski definition) is 1. The normalized spacial score (nSPS) is 34.6. The molecule has 2 fully saturated rings. The average molecular weight is 518 g/mol. The van der Waals surface area contributed by atoms with E-state index in [0.29, 0.717) is 32.5 Å². The zero-order valence-electron chi connectivity index (χ0n) is 22.9. The van der Waals surface area contributed by atoms with Crippen LogP contribution in [0.4, 0.5) is 0 Å². The van der Waals surface area contributed by atoms with Crippen LogP contribution in [-0.2, 0) is 14.4 Å². The van der Waals surface area contributed by atoms with Crippen molar-refractivity contribution in [2.45, 2.75) is 81.9 Å². The highest BCUT2D eigenvalue weighted by Crippen LogP contribution is 2.65. The minimum Gasteiger partial charge on any atom is -0.396 e. The van der Waals surface area contributed by atoms with Gasteiger partial charge in [0.2, 0.25) is 17.7 Å². The van der Waals surface area contributed by atoms with Gasteiger partial charge in [-0.3, -0.25) is 14.4 Å². The van der Waals surface area contributed by atoms with Crippen molar-refractivity contribution >= 4 is 29.5 Å². The molecule has 4 aliphatic heterocycles. The Balaban J connectivity index is 1.82. The lowest BCUT2D eigenvalue weighted by Crippen LogP contribution is -2.58. The smallest absolute Gasteiger partial charge is 0.247 e. The predicted octanol–water partition coefficient (Wildman–Crippen LogP) is 3.09. The molecule has 7 nitrogen and oxygen atoms in total. The number of amides is 3. The second kappa shape index (κ2) is 9.19. The van der Waals surface area contributed by atoms with Crippen LogP contribution in [0.3, 0.4) is 0 Å². The van der Waals surface area contributed by atoms with Crippen LogP contribution in [0.2, 0.25) is 0 Å². The van der Waals surface area contributed by atoms with Gasteiger partial charge in [-0.25, -0.2) is 0 Å². The molecule has 0 saturated carbocycles. The lowest BCUT2D eigenvalue weighted by molar-refractivity contribution is -0.147. The maximum Gasteiger partial charge on any atom is 0.247 e. The van der Waals surface area contributed by atoms with Gasteiger partial charge in [0.05, 0.1) is 16.6 Å². The van der Waals surface area contributed by atoms with Crippen molar-refractivity contribution in [1.29, 1.82) is 0 Å². The number of unbranched alkanes of at least 4 members (excludes halogenated alkanes) is 1. The Labute approximate surface area is 220 Å². The number of fused-ring (bicyclic) bond motifs is 2. The summed E-state index contributed by atoms with van der Waals surface area (Å²) in [5, 5.41) is 9.38. The number of nitrogens with zero attached hydrogens (tertiary/aromatic N) is 3. The molecule has 1 unspecified atom stereocenters. The van der Waals surface area contributed by atoms with Gasteiger partial charge in [0.1, 0.15) is 6.04 Å². The summed E-state index contributed by atoms with van der Waals surface area (Å²) in [6.45, 7) is 14.3. The number of likely N-dealkylation sites (N-methyl/N-ethyl adjacent to an activating group) is 1. The third-order valence-corrected chi connectivity index (χ3v) is 10.1. The molecule has 36 heavy (non-hydrogen) atoms. The Kier molecular flexibility index (Phi) is 6.95. The van der Waals surface area contributed by atoms with E-state index < -0.39 is 32.9 Å². The van der Waals surface area contributed by atoms with E-state index in [2.05, 4.69) is 52.8 Å². The summed E-state index contributed by atoms with van der Waals surface area (Å²) in [4.78, 5) is 47.8. The molecule has 200 valence electrons. The summed E-state index contributed by atoms with van der Waals surface area (Å²) < 4.78 is -1.38. The molecular weight excluding hydrogens is 474 g/mol. The SMILES string of the molecule is CN1CC=C[C@]2(C)S[C@]34C=CCN(C(C)(C)CC(C)(C)C)C(=O)C3N(CCCCO)C(=O)[C@@H]4[C@@H]2C1=O. The van der Waals surface area contributed by atoms with Gasteiger partial charge in [-0.2, -0.15) is 0 Å². The van der Waals surface area contributed by atoms with Crippen molar-refractivity contribution in [3.8, 4) is 0 Å². The highest BCUT2D eigenvalue weighted by Gasteiger charge is 2.74. The molecule has 4 rings (SSSR count). The van der Waals surface area contributed by atoms with Crippen LogP contribution in [-0.4, -0.2) is 91.9 Å². The van der Waals surface area contributed by atoms with Gasteiger partial charge in [-0.15, -0.1) is 11.8 Å². The standard InChI is InChI=1S/C28H43N3O4S/c1-25(2,3)18-26(4,5)31-16-11-13-28-20(19-22(33)29(7)14-10-12-27(19,6)36-28)23(34)30(15-8-9-17-32)21(28)24(31)35/h10-13,19-21,32H,8-9,14-18H2,1-7H3/t19-,20+,21?,27+,28+/m1/s1. The van der Waals surface area contributed by atoms with Crippen molar-refractivity contribution in [1.82, 2.24) is 14.7 Å². The molecule has 8 heteroatoms. The maximum absolute atomic E-state index is 14.5. The van der Waals surface area contributed by atoms with Crippen LogP contribution in [0.15, 0.2) is 24.3 Å². The second-order valence-electron chi connectivity index (χ2n) is 13.0. The van der Waals surface area contributed by atoms with Gasteiger partial charge in [0.15, 0.2) is 0 Å². The quantitative estimate of drug-likeness (QED) is 0.433. The Morgan fingerprint density at radius 2 is 1.64 bits per heavy atom. The summed E-state index contributed by atoms with van der Waals surface area (Å²) in [7, 11) is 1.79. The van der Waals surface area contributed by atoms with Crippen molar-refractivity contribution in [2.75, 3.05) is 33.3 Å². The van der Waals surface area contributed by atoms with Gasteiger partial charge in [-0.05, 0) is 45.4 Å². The van der Waals surface area contributed by atoms with Crippen molar-refractivity contribution in [3.63, 3.8) is 0 Å². The maximum atomic E-state index is 14.5. The van der Waals surface area contributed by atoms with Crippen LogP contribution in [0.5, 0.6) is 0 Å². The molecule has 1 N–H and O–H groups in total. The van der Waals surface area contributed by atoms with Crippen molar-refractivity contribution in [2.24, 2.45) is 17.3 Å². The van der Waals surface area contributed by atoms with E-state index in [1.54, 1.807) is 28.6 Å². The molecule has 4 heterocycles. The minimum absolute atomic E-state index is 0.0247. The number of rotatable bonds is 6. The molecule has 4 aliphatic rings. The molecule has 0 aromatic rings. The third-order valence-electron chi connectivity index (χ3n) is 8.26. The first-order chi connectivity index (χ1) is 16.7. The zero-order chi connectivity index (χ0) is 26.7. The van der Waals surface area contributed by atoms with Gasteiger partial charge in [0, 0.05) is 43.6 Å². The molecule has 0 aliphatic carbocycles. The lowest BCUT2D eigenvalue weighted by Gasteiger charge is -2.44. The Hall–Kier alpha value is -1.80. The van der Waals surface area contributed by atoms with Crippen LogP contribution < -0.4 is 0 Å². The molecule has 0 aromatic carbocycles. The van der Waals surface area contributed by atoms with Crippen molar-refractivity contribution in [3.05, 3.63) is 24.3 Å². The summed E-state index contributed by atoms with van der Waals surface area (Å²) >= 11 is 1.63. The first kappa shape index (κ1) is 27.2. The van der Waals surface area contributed by atoms with Crippen LogP contribution in [0, 0.1) is 17.3 Å². The highest BCUT2D eigenvalue weighted by atomic mass is 32.2. The number of hydrogen-bond acceptors (Lipinski definition) is 5. The monoisotopic (exact) mass is 517 g/mol. The number of carbonyl (C=O) groups excluding carboxylic acids is 3. The molecule has 0 aromatic heterocycles. The van der Waals surface area contributed by atoms with Gasteiger partial charge in [-0.1, -0.05) is 45.1 Å².